The van der Waals surface area contributed by atoms with Crippen LogP contribution in [0.4, 0.5) is 5.69 Å². The Bertz CT molecular complexity index is 570. The van der Waals surface area contributed by atoms with Crippen molar-refractivity contribution in [3.63, 3.8) is 0 Å². The molecule has 0 aliphatic carbocycles. The van der Waals surface area contributed by atoms with Crippen LogP contribution in [0.5, 0.6) is 0 Å². The Balaban J connectivity index is 2.53. The van der Waals surface area contributed by atoms with E-state index in [2.05, 4.69) is 0 Å². The number of aliphatic carboxylic acids is 1. The van der Waals surface area contributed by atoms with E-state index in [0.717, 1.165) is 10.5 Å². The van der Waals surface area contributed by atoms with E-state index >= 15 is 0 Å². The van der Waals surface area contributed by atoms with Gasteiger partial charge in [-0.2, -0.15) is 0 Å². The van der Waals surface area contributed by atoms with Crippen LogP contribution in [0.1, 0.15) is 32.4 Å². The van der Waals surface area contributed by atoms with Crippen LogP contribution in [0.2, 0.25) is 0 Å². The predicted octanol–water partition coefficient (Wildman–Crippen LogP) is 2.01. The molecule has 1 atom stereocenters. The number of amides is 1. The standard InChI is InChI=1S/C14H18N2O3S/c1-8(15)9-4-5-10-11(6-9)20-7-12(17)16(10)14(2,3)13(18)19/h4-6,8H,7,15H2,1-3H3,(H,18,19). The first-order chi connectivity index (χ1) is 9.25. The van der Waals surface area contributed by atoms with Crippen molar-refractivity contribution < 1.29 is 14.7 Å². The van der Waals surface area contributed by atoms with Crippen molar-refractivity contribution in [2.24, 2.45) is 5.73 Å². The number of rotatable bonds is 3. The number of hydrogen-bond donors (Lipinski definition) is 2. The molecule has 1 aromatic rings. The lowest BCUT2D eigenvalue weighted by atomic mass is 10.0. The van der Waals surface area contributed by atoms with E-state index in [1.165, 1.54) is 30.5 Å². The quantitative estimate of drug-likeness (QED) is 0.891. The number of nitrogens with two attached hydrogens (primary N) is 1. The fourth-order valence-electron chi connectivity index (χ4n) is 2.16. The molecule has 2 rings (SSSR count). The highest BCUT2D eigenvalue weighted by Gasteiger charge is 2.41. The van der Waals surface area contributed by atoms with E-state index in [1.807, 2.05) is 19.1 Å². The predicted molar refractivity (Wildman–Crippen MR) is 79.0 cm³/mol. The number of nitrogens with zero attached hydrogens (tertiary/aromatic N) is 1. The number of carbonyl (C=O) groups excluding carboxylic acids is 1. The van der Waals surface area contributed by atoms with Gasteiger partial charge in [0, 0.05) is 10.9 Å². The van der Waals surface area contributed by atoms with E-state index in [1.54, 1.807) is 6.07 Å². The van der Waals surface area contributed by atoms with E-state index in [4.69, 9.17) is 5.73 Å². The molecule has 1 aliphatic heterocycles. The van der Waals surface area contributed by atoms with E-state index < -0.39 is 11.5 Å². The van der Waals surface area contributed by atoms with Crippen molar-refractivity contribution in [2.45, 2.75) is 37.2 Å². The van der Waals surface area contributed by atoms with Crippen LogP contribution in [0.15, 0.2) is 23.1 Å². The summed E-state index contributed by atoms with van der Waals surface area (Å²) in [5, 5.41) is 9.36. The van der Waals surface area contributed by atoms with Gasteiger partial charge in [0.2, 0.25) is 5.91 Å². The van der Waals surface area contributed by atoms with Gasteiger partial charge in [-0.15, -0.1) is 11.8 Å². The van der Waals surface area contributed by atoms with Gasteiger partial charge in [0.15, 0.2) is 0 Å². The molecule has 0 aromatic heterocycles. The monoisotopic (exact) mass is 294 g/mol. The number of thioether (sulfide) groups is 1. The van der Waals surface area contributed by atoms with Gasteiger partial charge in [-0.25, -0.2) is 4.79 Å². The molecule has 1 amide bonds. The molecule has 0 bridgehead atoms. The summed E-state index contributed by atoms with van der Waals surface area (Å²) in [6.45, 7) is 4.96. The van der Waals surface area contributed by atoms with E-state index in [0.29, 0.717) is 5.69 Å². The summed E-state index contributed by atoms with van der Waals surface area (Å²) in [6.07, 6.45) is 0. The molecule has 0 radical (unpaired) electrons. The Labute approximate surface area is 122 Å². The molecule has 6 heteroatoms. The Morgan fingerprint density at radius 3 is 2.70 bits per heavy atom. The first-order valence-electron chi connectivity index (χ1n) is 6.34. The minimum Gasteiger partial charge on any atom is -0.480 e. The van der Waals surface area contributed by atoms with Crippen LogP contribution in [-0.2, 0) is 9.59 Å². The zero-order valence-electron chi connectivity index (χ0n) is 11.7. The van der Waals surface area contributed by atoms with Crippen LogP contribution < -0.4 is 10.6 Å². The van der Waals surface area contributed by atoms with Gasteiger partial charge in [-0.3, -0.25) is 9.69 Å². The average Bonchev–Trinajstić information content (AvgIpc) is 2.37. The van der Waals surface area contributed by atoms with Gasteiger partial charge in [0.1, 0.15) is 5.54 Å². The molecule has 0 saturated heterocycles. The molecule has 5 nitrogen and oxygen atoms in total. The Hall–Kier alpha value is -1.53. The summed E-state index contributed by atoms with van der Waals surface area (Å²) in [5.74, 6) is -0.977. The van der Waals surface area contributed by atoms with Crippen molar-refractivity contribution in [3.05, 3.63) is 23.8 Å². The fourth-order valence-corrected chi connectivity index (χ4v) is 3.10. The molecule has 108 valence electrons. The molecule has 3 N–H and O–H groups in total. The fraction of sp³-hybridized carbons (Fsp3) is 0.429. The maximum atomic E-state index is 12.1. The third-order valence-corrected chi connectivity index (χ3v) is 4.46. The van der Waals surface area contributed by atoms with Crippen LogP contribution >= 0.6 is 11.8 Å². The van der Waals surface area contributed by atoms with Crippen LogP contribution in [0.25, 0.3) is 0 Å². The molecule has 0 spiro atoms. The third-order valence-electron chi connectivity index (χ3n) is 3.43. The molecule has 1 heterocycles. The lowest BCUT2D eigenvalue weighted by Crippen LogP contribution is -2.55. The highest BCUT2D eigenvalue weighted by atomic mass is 32.2. The lowest BCUT2D eigenvalue weighted by molar-refractivity contribution is -0.143. The normalized spacial score (nSPS) is 16.8. The van der Waals surface area contributed by atoms with Gasteiger partial charge in [0.25, 0.3) is 0 Å². The number of carboxylic acids is 1. The Morgan fingerprint density at radius 1 is 1.50 bits per heavy atom. The second-order valence-corrected chi connectivity index (χ2v) is 6.42. The van der Waals surface area contributed by atoms with Crippen LogP contribution in [0.3, 0.4) is 0 Å². The summed E-state index contributed by atoms with van der Waals surface area (Å²) in [4.78, 5) is 25.8. The highest BCUT2D eigenvalue weighted by Crippen LogP contribution is 2.40. The zero-order chi connectivity index (χ0) is 15.1. The molecular formula is C14H18N2O3S. The zero-order valence-corrected chi connectivity index (χ0v) is 12.5. The SMILES string of the molecule is CC(N)c1ccc2c(c1)SCC(=O)N2C(C)(C)C(=O)O. The number of carbonyl (C=O) groups is 2. The van der Waals surface area contributed by atoms with E-state index in [-0.39, 0.29) is 17.7 Å². The van der Waals surface area contributed by atoms with Crippen LogP contribution in [0, 0.1) is 0 Å². The number of hydrogen-bond acceptors (Lipinski definition) is 4. The van der Waals surface area contributed by atoms with E-state index in [9.17, 15) is 14.7 Å². The number of carboxylic acid groups (broad SMARTS) is 1. The lowest BCUT2D eigenvalue weighted by Gasteiger charge is -2.38. The number of benzene rings is 1. The van der Waals surface area contributed by atoms with Crippen molar-refractivity contribution in [2.75, 3.05) is 10.7 Å². The second-order valence-electron chi connectivity index (χ2n) is 5.40. The summed E-state index contributed by atoms with van der Waals surface area (Å²) >= 11 is 1.42. The molecule has 1 aliphatic rings. The van der Waals surface area contributed by atoms with Crippen molar-refractivity contribution in [1.82, 2.24) is 0 Å². The number of anilines is 1. The van der Waals surface area contributed by atoms with Crippen molar-refractivity contribution in [3.8, 4) is 0 Å². The summed E-state index contributed by atoms with van der Waals surface area (Å²) < 4.78 is 0. The smallest absolute Gasteiger partial charge is 0.329 e. The molecule has 0 fully saturated rings. The van der Waals surface area contributed by atoms with Gasteiger partial charge < -0.3 is 10.8 Å². The first kappa shape index (κ1) is 14.9. The minimum absolute atomic E-state index is 0.0977. The van der Waals surface area contributed by atoms with Gasteiger partial charge in [-0.1, -0.05) is 6.07 Å². The van der Waals surface area contributed by atoms with Gasteiger partial charge in [-0.05, 0) is 38.5 Å². The molecule has 0 saturated carbocycles. The molecule has 20 heavy (non-hydrogen) atoms. The molecular weight excluding hydrogens is 276 g/mol. The minimum atomic E-state index is -1.28. The Kier molecular flexibility index (Phi) is 3.80. The maximum Gasteiger partial charge on any atom is 0.329 e. The summed E-state index contributed by atoms with van der Waals surface area (Å²) in [7, 11) is 0. The molecule has 1 aromatic carbocycles. The van der Waals surface area contributed by atoms with Crippen LogP contribution in [-0.4, -0.2) is 28.3 Å². The largest absolute Gasteiger partial charge is 0.480 e. The summed E-state index contributed by atoms with van der Waals surface area (Å²) in [5.41, 5.74) is 6.20. The summed E-state index contributed by atoms with van der Waals surface area (Å²) in [6, 6.07) is 5.46. The second kappa shape index (κ2) is 5.10. The average molecular weight is 294 g/mol. The van der Waals surface area contributed by atoms with Gasteiger partial charge >= 0.3 is 5.97 Å². The maximum absolute atomic E-state index is 12.1. The highest BCUT2D eigenvalue weighted by molar-refractivity contribution is 8.00. The molecule has 1 unspecified atom stereocenters. The van der Waals surface area contributed by atoms with Crippen molar-refractivity contribution in [1.29, 1.82) is 0 Å². The third kappa shape index (κ3) is 2.41. The topological polar surface area (TPSA) is 83.6 Å². The van der Waals surface area contributed by atoms with Crippen molar-refractivity contribution >= 4 is 29.3 Å². The van der Waals surface area contributed by atoms with Gasteiger partial charge in [0.05, 0.1) is 11.4 Å². The number of fused-ring (bicyclic) bond motifs is 1. The Morgan fingerprint density at radius 2 is 2.15 bits per heavy atom. The first-order valence-corrected chi connectivity index (χ1v) is 7.32.